The monoisotopic (exact) mass is 276 g/mol. The minimum Gasteiger partial charge on any atom is -0.354 e. The van der Waals surface area contributed by atoms with Crippen molar-refractivity contribution in [2.24, 2.45) is 5.92 Å². The van der Waals surface area contributed by atoms with Gasteiger partial charge in [-0.25, -0.2) is 0 Å². The van der Waals surface area contributed by atoms with E-state index in [9.17, 15) is 0 Å². The van der Waals surface area contributed by atoms with Gasteiger partial charge in [0.1, 0.15) is 6.23 Å². The third-order valence-electron chi connectivity index (χ3n) is 3.86. The molecule has 1 aromatic rings. The number of nitrogens with zero attached hydrogens (tertiary/aromatic N) is 2. The topological polar surface area (TPSA) is 15.7 Å². The number of rotatable bonds is 6. The second-order valence-corrected chi connectivity index (χ2v) is 6.32. The van der Waals surface area contributed by atoms with Gasteiger partial charge in [-0.3, -0.25) is 4.90 Å². The van der Waals surface area contributed by atoms with E-state index in [0.717, 1.165) is 19.6 Å². The fraction of sp³-hybridized carbons (Fsp3) is 0.647. The first-order valence-corrected chi connectivity index (χ1v) is 7.67. The van der Waals surface area contributed by atoms with Crippen LogP contribution < -0.4 is 0 Å². The maximum absolute atomic E-state index is 6.29. The summed E-state index contributed by atoms with van der Waals surface area (Å²) in [6, 6.07) is 10.6. The first kappa shape index (κ1) is 15.5. The van der Waals surface area contributed by atoms with E-state index < -0.39 is 0 Å². The molecule has 1 saturated heterocycles. The molecular formula is C17H28N2O. The Kier molecular flexibility index (Phi) is 5.58. The van der Waals surface area contributed by atoms with Gasteiger partial charge in [-0.2, -0.15) is 0 Å². The molecule has 0 aromatic heterocycles. The molecule has 0 N–H and O–H groups in total. The molecule has 1 aliphatic rings. The van der Waals surface area contributed by atoms with E-state index >= 15 is 0 Å². The molecule has 3 heteroatoms. The van der Waals surface area contributed by atoms with Crippen molar-refractivity contribution in [2.45, 2.75) is 32.6 Å². The molecule has 0 spiro atoms. The molecule has 0 radical (unpaired) electrons. The van der Waals surface area contributed by atoms with Crippen LogP contribution in [0, 0.1) is 5.92 Å². The summed E-state index contributed by atoms with van der Waals surface area (Å²) in [4.78, 5) is 4.75. The van der Waals surface area contributed by atoms with Gasteiger partial charge in [-0.15, -0.1) is 0 Å². The molecule has 0 amide bonds. The Bertz CT molecular complexity index is 391. The lowest BCUT2D eigenvalue weighted by molar-refractivity contribution is -0.0315. The van der Waals surface area contributed by atoms with Crippen molar-refractivity contribution < 1.29 is 4.74 Å². The highest BCUT2D eigenvalue weighted by molar-refractivity contribution is 5.18. The van der Waals surface area contributed by atoms with Crippen molar-refractivity contribution in [3.05, 3.63) is 35.9 Å². The van der Waals surface area contributed by atoms with Crippen molar-refractivity contribution in [3.63, 3.8) is 0 Å². The van der Waals surface area contributed by atoms with Gasteiger partial charge in [0.25, 0.3) is 0 Å². The fourth-order valence-electron chi connectivity index (χ4n) is 2.85. The Labute approximate surface area is 123 Å². The van der Waals surface area contributed by atoms with Crippen LogP contribution in [0.25, 0.3) is 0 Å². The molecule has 112 valence electrons. The summed E-state index contributed by atoms with van der Waals surface area (Å²) < 4.78 is 6.29. The van der Waals surface area contributed by atoms with Crippen molar-refractivity contribution in [3.8, 4) is 0 Å². The lowest BCUT2D eigenvalue weighted by atomic mass is 10.1. The zero-order chi connectivity index (χ0) is 14.5. The van der Waals surface area contributed by atoms with Crippen LogP contribution >= 0.6 is 0 Å². The van der Waals surface area contributed by atoms with Gasteiger partial charge in [0.05, 0.1) is 6.10 Å². The number of hydrogen-bond acceptors (Lipinski definition) is 3. The van der Waals surface area contributed by atoms with Crippen LogP contribution in [0.4, 0.5) is 0 Å². The van der Waals surface area contributed by atoms with E-state index in [1.165, 1.54) is 12.0 Å². The van der Waals surface area contributed by atoms with Crippen molar-refractivity contribution >= 4 is 0 Å². The van der Waals surface area contributed by atoms with E-state index in [-0.39, 0.29) is 12.3 Å². The molecule has 1 aliphatic heterocycles. The lowest BCUT2D eigenvalue weighted by Crippen LogP contribution is -2.36. The Hall–Kier alpha value is -0.900. The number of ether oxygens (including phenoxy) is 1. The normalized spacial score (nSPS) is 23.9. The fourth-order valence-corrected chi connectivity index (χ4v) is 2.85. The summed E-state index contributed by atoms with van der Waals surface area (Å²) in [6.07, 6.45) is 1.67. The number of benzene rings is 1. The average Bonchev–Trinajstić information content (AvgIpc) is 2.84. The molecule has 0 bridgehead atoms. The summed E-state index contributed by atoms with van der Waals surface area (Å²) >= 11 is 0. The van der Waals surface area contributed by atoms with Gasteiger partial charge in [0.2, 0.25) is 0 Å². The molecule has 0 saturated carbocycles. The molecule has 20 heavy (non-hydrogen) atoms. The maximum atomic E-state index is 6.29. The standard InChI is InChI=1S/C17H28N2O/c1-14(2)17-19(12-8-11-18(3)4)13-16(20-17)15-9-6-5-7-10-15/h5-7,9-10,14,16-17H,8,11-13H2,1-4H3. The molecule has 1 heterocycles. The van der Waals surface area contributed by atoms with Gasteiger partial charge in [-0.05, 0) is 38.5 Å². The van der Waals surface area contributed by atoms with E-state index in [0.29, 0.717) is 5.92 Å². The largest absolute Gasteiger partial charge is 0.354 e. The third-order valence-corrected chi connectivity index (χ3v) is 3.86. The van der Waals surface area contributed by atoms with Crippen LogP contribution in [-0.4, -0.2) is 49.8 Å². The van der Waals surface area contributed by atoms with Crippen molar-refractivity contribution in [1.82, 2.24) is 9.80 Å². The Morgan fingerprint density at radius 2 is 1.95 bits per heavy atom. The second kappa shape index (κ2) is 7.21. The van der Waals surface area contributed by atoms with Gasteiger partial charge >= 0.3 is 0 Å². The minimum absolute atomic E-state index is 0.225. The Morgan fingerprint density at radius 1 is 1.25 bits per heavy atom. The molecule has 2 unspecified atom stereocenters. The minimum atomic E-state index is 0.225. The lowest BCUT2D eigenvalue weighted by Gasteiger charge is -2.26. The summed E-state index contributed by atoms with van der Waals surface area (Å²) in [7, 11) is 4.26. The van der Waals surface area contributed by atoms with Gasteiger partial charge in [0.15, 0.2) is 0 Å². The Morgan fingerprint density at radius 3 is 2.55 bits per heavy atom. The van der Waals surface area contributed by atoms with Gasteiger partial charge < -0.3 is 9.64 Å². The predicted octanol–water partition coefficient (Wildman–Crippen LogP) is 2.99. The van der Waals surface area contributed by atoms with Crippen LogP contribution in [0.3, 0.4) is 0 Å². The quantitative estimate of drug-likeness (QED) is 0.794. The summed E-state index contributed by atoms with van der Waals surface area (Å²) in [6.45, 7) is 7.76. The van der Waals surface area contributed by atoms with E-state index in [1.807, 2.05) is 0 Å². The molecule has 2 rings (SSSR count). The highest BCUT2D eigenvalue weighted by Crippen LogP contribution is 2.32. The predicted molar refractivity (Wildman–Crippen MR) is 83.6 cm³/mol. The molecule has 2 atom stereocenters. The van der Waals surface area contributed by atoms with E-state index in [2.05, 4.69) is 68.1 Å². The summed E-state index contributed by atoms with van der Waals surface area (Å²) in [5.74, 6) is 0.531. The average molecular weight is 276 g/mol. The highest BCUT2D eigenvalue weighted by atomic mass is 16.5. The zero-order valence-electron chi connectivity index (χ0n) is 13.2. The second-order valence-electron chi connectivity index (χ2n) is 6.32. The maximum Gasteiger partial charge on any atom is 0.113 e. The van der Waals surface area contributed by atoms with E-state index in [1.54, 1.807) is 0 Å². The first-order chi connectivity index (χ1) is 9.58. The van der Waals surface area contributed by atoms with Crippen LogP contribution in [0.5, 0.6) is 0 Å². The van der Waals surface area contributed by atoms with Crippen LogP contribution in [0.15, 0.2) is 30.3 Å². The van der Waals surface area contributed by atoms with Gasteiger partial charge in [-0.1, -0.05) is 44.2 Å². The first-order valence-electron chi connectivity index (χ1n) is 7.67. The molecular weight excluding hydrogens is 248 g/mol. The van der Waals surface area contributed by atoms with Crippen LogP contribution in [-0.2, 0) is 4.74 Å². The Balaban J connectivity index is 1.96. The van der Waals surface area contributed by atoms with Crippen molar-refractivity contribution in [1.29, 1.82) is 0 Å². The van der Waals surface area contributed by atoms with Gasteiger partial charge in [0, 0.05) is 13.1 Å². The van der Waals surface area contributed by atoms with E-state index in [4.69, 9.17) is 4.74 Å². The summed E-state index contributed by atoms with van der Waals surface area (Å²) in [5, 5.41) is 0. The highest BCUT2D eigenvalue weighted by Gasteiger charge is 2.34. The zero-order valence-corrected chi connectivity index (χ0v) is 13.2. The molecule has 0 aliphatic carbocycles. The van der Waals surface area contributed by atoms with Crippen LogP contribution in [0.1, 0.15) is 31.9 Å². The molecule has 3 nitrogen and oxygen atoms in total. The van der Waals surface area contributed by atoms with Crippen molar-refractivity contribution in [2.75, 3.05) is 33.7 Å². The SMILES string of the molecule is CC(C)C1OC(c2ccccc2)CN1CCCN(C)C. The third kappa shape index (κ3) is 4.05. The van der Waals surface area contributed by atoms with Crippen LogP contribution in [0.2, 0.25) is 0 Å². The molecule has 1 aromatic carbocycles. The summed E-state index contributed by atoms with van der Waals surface area (Å²) in [5.41, 5.74) is 1.30. The smallest absolute Gasteiger partial charge is 0.113 e. The molecule has 1 fully saturated rings. The number of hydrogen-bond donors (Lipinski definition) is 0.